The lowest BCUT2D eigenvalue weighted by molar-refractivity contribution is -0.133. The van der Waals surface area contributed by atoms with Gasteiger partial charge in [0.2, 0.25) is 11.8 Å². The summed E-state index contributed by atoms with van der Waals surface area (Å²) in [5.41, 5.74) is 1.69. The van der Waals surface area contributed by atoms with Crippen molar-refractivity contribution in [2.45, 2.75) is 45.7 Å². The predicted molar refractivity (Wildman–Crippen MR) is 107 cm³/mol. The van der Waals surface area contributed by atoms with Gasteiger partial charge >= 0.3 is 5.69 Å². The zero-order chi connectivity index (χ0) is 21.3. The summed E-state index contributed by atoms with van der Waals surface area (Å²) >= 11 is 0. The van der Waals surface area contributed by atoms with E-state index in [2.05, 4.69) is 9.97 Å². The number of carbonyl (C=O) groups is 1. The fraction of sp³-hybridized carbons (Fsp3) is 0.364. The minimum Gasteiger partial charge on any atom is -0.443 e. The van der Waals surface area contributed by atoms with Crippen LogP contribution in [-0.2, 0) is 17.8 Å². The topological polar surface area (TPSA) is 81.2 Å². The number of hydrogen-bond acceptors (Lipinski definition) is 5. The molecule has 1 fully saturated rings. The average Bonchev–Trinajstić information content (AvgIpc) is 3.33. The monoisotopic (exact) mass is 410 g/mol. The summed E-state index contributed by atoms with van der Waals surface area (Å²) in [4.78, 5) is 35.1. The highest BCUT2D eigenvalue weighted by atomic mass is 19.1. The van der Waals surface area contributed by atoms with Gasteiger partial charge in [0.25, 0.3) is 0 Å². The summed E-state index contributed by atoms with van der Waals surface area (Å²) in [6, 6.07) is 7.85. The van der Waals surface area contributed by atoms with Crippen molar-refractivity contribution in [2.75, 3.05) is 6.54 Å². The third-order valence-corrected chi connectivity index (χ3v) is 5.34. The van der Waals surface area contributed by atoms with E-state index in [9.17, 15) is 14.0 Å². The Balaban J connectivity index is 1.49. The van der Waals surface area contributed by atoms with Crippen molar-refractivity contribution in [3.05, 3.63) is 81.4 Å². The van der Waals surface area contributed by atoms with E-state index in [-0.39, 0.29) is 24.3 Å². The summed E-state index contributed by atoms with van der Waals surface area (Å²) in [5, 5.41) is 0. The lowest BCUT2D eigenvalue weighted by Crippen LogP contribution is -2.37. The number of halogens is 1. The summed E-state index contributed by atoms with van der Waals surface area (Å²) in [7, 11) is 0. The van der Waals surface area contributed by atoms with Gasteiger partial charge in [-0.15, -0.1) is 0 Å². The molecule has 7 nitrogen and oxygen atoms in total. The lowest BCUT2D eigenvalue weighted by Gasteiger charge is -2.23. The maximum absolute atomic E-state index is 13.4. The molecule has 4 rings (SSSR count). The van der Waals surface area contributed by atoms with Gasteiger partial charge in [-0.1, -0.05) is 12.1 Å². The Labute approximate surface area is 173 Å². The molecule has 0 aliphatic carbocycles. The fourth-order valence-electron chi connectivity index (χ4n) is 3.92. The second-order valence-electron chi connectivity index (χ2n) is 7.62. The lowest BCUT2D eigenvalue weighted by atomic mass is 10.1. The fourth-order valence-corrected chi connectivity index (χ4v) is 3.92. The van der Waals surface area contributed by atoms with Crippen LogP contribution in [0.3, 0.4) is 0 Å². The molecule has 0 radical (unpaired) electrons. The molecule has 0 N–H and O–H groups in total. The van der Waals surface area contributed by atoms with Gasteiger partial charge in [0, 0.05) is 24.4 Å². The van der Waals surface area contributed by atoms with Gasteiger partial charge in [-0.05, 0) is 50.5 Å². The molecule has 3 heterocycles. The van der Waals surface area contributed by atoms with E-state index in [1.807, 2.05) is 6.07 Å². The smallest absolute Gasteiger partial charge is 0.348 e. The molecule has 8 heteroatoms. The van der Waals surface area contributed by atoms with Gasteiger partial charge < -0.3 is 9.32 Å². The van der Waals surface area contributed by atoms with Crippen LogP contribution in [0.5, 0.6) is 0 Å². The van der Waals surface area contributed by atoms with Crippen LogP contribution < -0.4 is 5.69 Å². The van der Waals surface area contributed by atoms with Gasteiger partial charge in [-0.25, -0.2) is 14.2 Å². The van der Waals surface area contributed by atoms with E-state index in [1.165, 1.54) is 16.7 Å². The van der Waals surface area contributed by atoms with Crippen molar-refractivity contribution in [3.8, 4) is 0 Å². The highest BCUT2D eigenvalue weighted by molar-refractivity contribution is 5.76. The zero-order valence-corrected chi connectivity index (χ0v) is 17.0. The van der Waals surface area contributed by atoms with Crippen LogP contribution in [0.4, 0.5) is 4.39 Å². The molecule has 0 saturated carbocycles. The first-order valence-electron chi connectivity index (χ1n) is 9.94. The molecule has 1 saturated heterocycles. The Morgan fingerprint density at radius 2 is 2.13 bits per heavy atom. The molecule has 1 aliphatic heterocycles. The molecule has 1 atom stereocenters. The van der Waals surface area contributed by atoms with E-state index in [4.69, 9.17) is 4.42 Å². The number of likely N-dealkylation sites (tertiary alicyclic amines) is 1. The summed E-state index contributed by atoms with van der Waals surface area (Å²) in [6.07, 6.45) is 3.62. The number of aromatic nitrogens is 3. The quantitative estimate of drug-likeness (QED) is 0.646. The second-order valence-corrected chi connectivity index (χ2v) is 7.62. The van der Waals surface area contributed by atoms with Crippen molar-refractivity contribution < 1.29 is 13.6 Å². The number of aryl methyl sites for hydroxylation is 2. The first kappa shape index (κ1) is 20.0. The van der Waals surface area contributed by atoms with Crippen molar-refractivity contribution in [3.63, 3.8) is 0 Å². The van der Waals surface area contributed by atoms with Crippen molar-refractivity contribution in [2.24, 2.45) is 0 Å². The van der Waals surface area contributed by atoms with Crippen LogP contribution in [-0.4, -0.2) is 31.9 Å². The Morgan fingerprint density at radius 1 is 1.30 bits per heavy atom. The zero-order valence-electron chi connectivity index (χ0n) is 17.0. The molecule has 0 spiro atoms. The van der Waals surface area contributed by atoms with Gasteiger partial charge in [0.1, 0.15) is 24.2 Å². The van der Waals surface area contributed by atoms with Gasteiger partial charge in [-0.3, -0.25) is 9.36 Å². The van der Waals surface area contributed by atoms with Gasteiger partial charge in [0.15, 0.2) is 0 Å². The van der Waals surface area contributed by atoms with Crippen LogP contribution in [0, 0.1) is 19.7 Å². The highest BCUT2D eigenvalue weighted by Crippen LogP contribution is 2.32. The van der Waals surface area contributed by atoms with Crippen LogP contribution in [0.1, 0.15) is 47.5 Å². The standard InChI is InChI=1S/C22H23FN4O3/c1-14-9-15(2)27(22(29)25-14)13-20(28)26-8-4-7-19(26)21-24-12-18(30-21)11-16-5-3-6-17(23)10-16/h3,5-6,9-10,12,19H,4,7-8,11,13H2,1-2H3/t19-/m1/s1. The number of rotatable bonds is 5. The SMILES string of the molecule is Cc1cc(C)n(CC(=O)N2CCC[C@@H]2c2ncc(Cc3cccc(F)c3)o2)c(=O)n1. The Morgan fingerprint density at radius 3 is 2.90 bits per heavy atom. The number of carbonyl (C=O) groups excluding carboxylic acids is 1. The molecule has 0 bridgehead atoms. The maximum atomic E-state index is 13.4. The van der Waals surface area contributed by atoms with Crippen LogP contribution in [0.25, 0.3) is 0 Å². The average molecular weight is 410 g/mol. The molecule has 1 aromatic carbocycles. The number of amides is 1. The maximum Gasteiger partial charge on any atom is 0.348 e. The first-order chi connectivity index (χ1) is 14.4. The Kier molecular flexibility index (Phi) is 5.48. The second kappa shape index (κ2) is 8.22. The molecule has 0 unspecified atom stereocenters. The molecule has 3 aromatic rings. The largest absolute Gasteiger partial charge is 0.443 e. The molecular weight excluding hydrogens is 387 g/mol. The summed E-state index contributed by atoms with van der Waals surface area (Å²) in [5.74, 6) is 0.622. The van der Waals surface area contributed by atoms with E-state index < -0.39 is 5.69 Å². The molecule has 156 valence electrons. The highest BCUT2D eigenvalue weighted by Gasteiger charge is 2.33. The molecule has 30 heavy (non-hydrogen) atoms. The van der Waals surface area contributed by atoms with Crippen LogP contribution in [0.2, 0.25) is 0 Å². The normalized spacial score (nSPS) is 16.2. The third kappa shape index (κ3) is 4.17. The van der Waals surface area contributed by atoms with E-state index in [0.29, 0.717) is 36.0 Å². The molecule has 2 aromatic heterocycles. The van der Waals surface area contributed by atoms with Gasteiger partial charge in [0.05, 0.1) is 6.20 Å². The Hall–Kier alpha value is -3.29. The van der Waals surface area contributed by atoms with E-state index >= 15 is 0 Å². The van der Waals surface area contributed by atoms with Crippen molar-refractivity contribution >= 4 is 5.91 Å². The molecular formula is C22H23FN4O3. The van der Waals surface area contributed by atoms with E-state index in [1.54, 1.807) is 37.1 Å². The number of benzene rings is 1. The van der Waals surface area contributed by atoms with Gasteiger partial charge in [-0.2, -0.15) is 4.98 Å². The van der Waals surface area contributed by atoms with E-state index in [0.717, 1.165) is 18.4 Å². The molecule has 1 aliphatic rings. The summed E-state index contributed by atoms with van der Waals surface area (Å²) < 4.78 is 20.7. The first-order valence-corrected chi connectivity index (χ1v) is 9.94. The van der Waals surface area contributed by atoms with Crippen LogP contribution in [0.15, 0.2) is 45.7 Å². The van der Waals surface area contributed by atoms with Crippen molar-refractivity contribution in [1.29, 1.82) is 0 Å². The minimum atomic E-state index is -0.426. The number of nitrogens with zero attached hydrogens (tertiary/aromatic N) is 4. The number of hydrogen-bond donors (Lipinski definition) is 0. The number of oxazole rings is 1. The Bertz CT molecular complexity index is 1140. The van der Waals surface area contributed by atoms with Crippen LogP contribution >= 0.6 is 0 Å². The van der Waals surface area contributed by atoms with Crippen molar-refractivity contribution in [1.82, 2.24) is 19.4 Å². The minimum absolute atomic E-state index is 0.0642. The molecule has 1 amide bonds. The summed E-state index contributed by atoms with van der Waals surface area (Å²) in [6.45, 7) is 4.06. The predicted octanol–water partition coefficient (Wildman–Crippen LogP) is 2.94. The third-order valence-electron chi connectivity index (χ3n) is 5.34.